The summed E-state index contributed by atoms with van der Waals surface area (Å²) in [5.74, 6) is 0.894. The number of hydrogen-bond donors (Lipinski definition) is 0. The molecule has 3 rings (SSSR count). The number of hydrogen-bond acceptors (Lipinski definition) is 5. The minimum absolute atomic E-state index is 0.288. The van der Waals surface area contributed by atoms with Crippen LogP contribution in [0.4, 0.5) is 0 Å². The molecule has 0 saturated carbocycles. The summed E-state index contributed by atoms with van der Waals surface area (Å²) >= 11 is 0. The first-order chi connectivity index (χ1) is 11.1. The third-order valence-electron chi connectivity index (χ3n) is 5.93. The van der Waals surface area contributed by atoms with Crippen LogP contribution in [0.2, 0.25) is 0 Å². The summed E-state index contributed by atoms with van der Waals surface area (Å²) in [6, 6.07) is 0. The predicted octanol–water partition coefficient (Wildman–Crippen LogP) is 0.135. The van der Waals surface area contributed by atoms with Gasteiger partial charge < -0.3 is 19.3 Å². The SMILES string of the molecule is COCC1CN(C)CC12CCN(C(=O)CN1CCOCC1)CC2. The van der Waals surface area contributed by atoms with Crippen LogP contribution in [-0.2, 0) is 14.3 Å². The van der Waals surface area contributed by atoms with Gasteiger partial charge in [0, 0.05) is 52.3 Å². The molecule has 6 nitrogen and oxygen atoms in total. The van der Waals surface area contributed by atoms with Crippen molar-refractivity contribution in [3.63, 3.8) is 0 Å². The van der Waals surface area contributed by atoms with Crippen molar-refractivity contribution in [1.29, 1.82) is 0 Å². The molecule has 3 aliphatic heterocycles. The summed E-state index contributed by atoms with van der Waals surface area (Å²) in [7, 11) is 4.00. The maximum Gasteiger partial charge on any atom is 0.236 e. The Morgan fingerprint density at radius 3 is 2.57 bits per heavy atom. The lowest BCUT2D eigenvalue weighted by Gasteiger charge is -2.43. The van der Waals surface area contributed by atoms with Crippen molar-refractivity contribution >= 4 is 5.91 Å². The molecule has 0 aliphatic carbocycles. The van der Waals surface area contributed by atoms with Gasteiger partial charge in [0.05, 0.1) is 26.4 Å². The number of piperidine rings is 1. The zero-order chi connectivity index (χ0) is 16.3. The fourth-order valence-corrected chi connectivity index (χ4v) is 4.55. The maximum absolute atomic E-state index is 12.5. The standard InChI is InChI=1S/C17H31N3O3/c1-18-11-15(13-22-2)17(14-18)3-5-20(6-4-17)16(21)12-19-7-9-23-10-8-19/h15H,3-14H2,1-2H3. The van der Waals surface area contributed by atoms with Crippen molar-refractivity contribution in [3.8, 4) is 0 Å². The third kappa shape index (κ3) is 3.87. The Morgan fingerprint density at radius 2 is 1.91 bits per heavy atom. The van der Waals surface area contributed by atoms with Gasteiger partial charge in [0.15, 0.2) is 0 Å². The smallest absolute Gasteiger partial charge is 0.236 e. The highest BCUT2D eigenvalue weighted by molar-refractivity contribution is 5.78. The first-order valence-corrected chi connectivity index (χ1v) is 8.88. The number of carbonyl (C=O) groups excluding carboxylic acids is 1. The van der Waals surface area contributed by atoms with Crippen molar-refractivity contribution in [3.05, 3.63) is 0 Å². The number of likely N-dealkylation sites (tertiary alicyclic amines) is 2. The van der Waals surface area contributed by atoms with Gasteiger partial charge in [0.25, 0.3) is 0 Å². The highest BCUT2D eigenvalue weighted by Gasteiger charge is 2.47. The normalized spacial score (nSPS) is 29.3. The Balaban J connectivity index is 1.52. The molecule has 3 saturated heterocycles. The van der Waals surface area contributed by atoms with Gasteiger partial charge in [-0.2, -0.15) is 0 Å². The molecule has 3 heterocycles. The van der Waals surface area contributed by atoms with Gasteiger partial charge >= 0.3 is 0 Å². The minimum atomic E-state index is 0.288. The largest absolute Gasteiger partial charge is 0.384 e. The third-order valence-corrected chi connectivity index (χ3v) is 5.93. The number of morpholine rings is 1. The van der Waals surface area contributed by atoms with Gasteiger partial charge in [0.2, 0.25) is 5.91 Å². The van der Waals surface area contributed by atoms with Crippen LogP contribution in [-0.4, -0.2) is 100 Å². The molecule has 1 amide bonds. The van der Waals surface area contributed by atoms with E-state index in [1.54, 1.807) is 7.11 Å². The highest BCUT2D eigenvalue weighted by atomic mass is 16.5. The van der Waals surface area contributed by atoms with Crippen molar-refractivity contribution in [2.45, 2.75) is 12.8 Å². The zero-order valence-corrected chi connectivity index (χ0v) is 14.6. The summed E-state index contributed by atoms with van der Waals surface area (Å²) in [6.45, 7) is 8.72. The fraction of sp³-hybridized carbons (Fsp3) is 0.941. The van der Waals surface area contributed by atoms with Crippen LogP contribution in [0.5, 0.6) is 0 Å². The first-order valence-electron chi connectivity index (χ1n) is 8.88. The Hall–Kier alpha value is -0.690. The lowest BCUT2D eigenvalue weighted by atomic mass is 9.71. The number of methoxy groups -OCH3 is 1. The lowest BCUT2D eigenvalue weighted by Crippen LogP contribution is -2.50. The van der Waals surface area contributed by atoms with Crippen molar-refractivity contribution < 1.29 is 14.3 Å². The summed E-state index contributed by atoms with van der Waals surface area (Å²) in [5, 5.41) is 0. The van der Waals surface area contributed by atoms with E-state index >= 15 is 0 Å². The van der Waals surface area contributed by atoms with E-state index < -0.39 is 0 Å². The van der Waals surface area contributed by atoms with Gasteiger partial charge in [-0.15, -0.1) is 0 Å². The van der Waals surface area contributed by atoms with Gasteiger partial charge in [-0.25, -0.2) is 0 Å². The van der Waals surface area contributed by atoms with E-state index in [4.69, 9.17) is 9.47 Å². The van der Waals surface area contributed by atoms with Gasteiger partial charge in [-0.05, 0) is 25.3 Å². The summed E-state index contributed by atoms with van der Waals surface area (Å²) in [5.41, 5.74) is 0.348. The molecule has 3 aliphatic rings. The fourth-order valence-electron chi connectivity index (χ4n) is 4.55. The van der Waals surface area contributed by atoms with Crippen LogP contribution < -0.4 is 0 Å². The molecule has 0 N–H and O–H groups in total. The number of nitrogens with zero attached hydrogens (tertiary/aromatic N) is 3. The highest BCUT2D eigenvalue weighted by Crippen LogP contribution is 2.44. The van der Waals surface area contributed by atoms with Crippen LogP contribution in [0.1, 0.15) is 12.8 Å². The number of rotatable bonds is 4. The quantitative estimate of drug-likeness (QED) is 0.735. The van der Waals surface area contributed by atoms with Crippen molar-refractivity contribution in [2.24, 2.45) is 11.3 Å². The predicted molar refractivity (Wildman–Crippen MR) is 88.4 cm³/mol. The van der Waals surface area contributed by atoms with Crippen molar-refractivity contribution in [2.75, 3.05) is 79.8 Å². The van der Waals surface area contributed by atoms with E-state index in [1.165, 1.54) is 0 Å². The zero-order valence-electron chi connectivity index (χ0n) is 14.6. The molecule has 0 aromatic carbocycles. The minimum Gasteiger partial charge on any atom is -0.384 e. The van der Waals surface area contributed by atoms with Crippen molar-refractivity contribution in [1.82, 2.24) is 14.7 Å². The molecule has 0 aromatic heterocycles. The lowest BCUT2D eigenvalue weighted by molar-refractivity contribution is -0.136. The number of carbonyl (C=O) groups is 1. The summed E-state index contributed by atoms with van der Waals surface area (Å²) < 4.78 is 10.8. The molecule has 0 radical (unpaired) electrons. The number of amides is 1. The summed E-state index contributed by atoms with van der Waals surface area (Å²) in [4.78, 5) is 19.3. The molecular formula is C17H31N3O3. The van der Waals surface area contributed by atoms with E-state index in [2.05, 4.69) is 21.7 Å². The van der Waals surface area contributed by atoms with Gasteiger partial charge in [-0.1, -0.05) is 0 Å². The Kier molecular flexibility index (Phi) is 5.57. The van der Waals surface area contributed by atoms with Gasteiger partial charge in [-0.3, -0.25) is 9.69 Å². The number of ether oxygens (including phenoxy) is 2. The molecular weight excluding hydrogens is 294 g/mol. The van der Waals surface area contributed by atoms with E-state index in [1.807, 2.05) is 0 Å². The average Bonchev–Trinajstić information content (AvgIpc) is 2.84. The van der Waals surface area contributed by atoms with Crippen LogP contribution in [0.25, 0.3) is 0 Å². The molecule has 0 bridgehead atoms. The molecule has 23 heavy (non-hydrogen) atoms. The second kappa shape index (κ2) is 7.47. The molecule has 1 spiro atoms. The average molecular weight is 325 g/mol. The molecule has 6 heteroatoms. The molecule has 3 fully saturated rings. The first kappa shape index (κ1) is 17.1. The Morgan fingerprint density at radius 1 is 1.22 bits per heavy atom. The Labute approximate surface area is 139 Å². The van der Waals surface area contributed by atoms with E-state index in [9.17, 15) is 4.79 Å². The van der Waals surface area contributed by atoms with Crippen LogP contribution in [0, 0.1) is 11.3 Å². The molecule has 1 atom stereocenters. The molecule has 1 unspecified atom stereocenters. The van der Waals surface area contributed by atoms with Crippen LogP contribution >= 0.6 is 0 Å². The Bertz CT molecular complexity index is 404. The molecule has 132 valence electrons. The van der Waals surface area contributed by atoms with Gasteiger partial charge in [0.1, 0.15) is 0 Å². The second-order valence-corrected chi connectivity index (χ2v) is 7.48. The van der Waals surface area contributed by atoms with Crippen LogP contribution in [0.15, 0.2) is 0 Å². The monoisotopic (exact) mass is 325 g/mol. The van der Waals surface area contributed by atoms with E-state index in [0.29, 0.717) is 17.9 Å². The molecule has 0 aromatic rings. The van der Waals surface area contributed by atoms with E-state index in [-0.39, 0.29) is 5.91 Å². The second-order valence-electron chi connectivity index (χ2n) is 7.48. The maximum atomic E-state index is 12.5. The van der Waals surface area contributed by atoms with Crippen LogP contribution in [0.3, 0.4) is 0 Å². The van der Waals surface area contributed by atoms with E-state index in [0.717, 1.165) is 71.9 Å². The summed E-state index contributed by atoms with van der Waals surface area (Å²) in [6.07, 6.45) is 2.22. The topological polar surface area (TPSA) is 45.2 Å².